The highest BCUT2D eigenvalue weighted by Gasteiger charge is 2.08. The first kappa shape index (κ1) is 17.0. The van der Waals surface area contributed by atoms with E-state index in [4.69, 9.17) is 11.6 Å². The van der Waals surface area contributed by atoms with Gasteiger partial charge in [-0.1, -0.05) is 23.7 Å². The van der Waals surface area contributed by atoms with Gasteiger partial charge in [-0.2, -0.15) is 9.61 Å². The molecule has 0 aliphatic rings. The summed E-state index contributed by atoms with van der Waals surface area (Å²) in [4.78, 5) is 12.2. The van der Waals surface area contributed by atoms with Crippen molar-refractivity contribution in [2.24, 2.45) is 0 Å². The van der Waals surface area contributed by atoms with Crippen LogP contribution in [-0.4, -0.2) is 25.8 Å². The molecule has 4 rings (SSSR count). The van der Waals surface area contributed by atoms with E-state index >= 15 is 0 Å². The fourth-order valence-electron chi connectivity index (χ4n) is 2.63. The van der Waals surface area contributed by atoms with Crippen molar-refractivity contribution in [3.63, 3.8) is 0 Å². The predicted octanol–water partition coefficient (Wildman–Crippen LogP) is 4.40. The first-order valence-corrected chi connectivity index (χ1v) is 8.59. The van der Waals surface area contributed by atoms with E-state index in [0.29, 0.717) is 27.9 Å². The van der Waals surface area contributed by atoms with Crippen LogP contribution in [0.1, 0.15) is 5.82 Å². The summed E-state index contributed by atoms with van der Waals surface area (Å²) in [5.74, 6) is 0.712. The molecule has 0 radical (unpaired) electrons. The first-order valence-electron chi connectivity index (χ1n) is 8.21. The summed E-state index contributed by atoms with van der Waals surface area (Å²) in [6, 6.07) is 17.7. The van der Waals surface area contributed by atoms with Crippen LogP contribution in [0.3, 0.4) is 0 Å². The number of anilines is 2. The third kappa shape index (κ3) is 3.73. The zero-order valence-electron chi connectivity index (χ0n) is 14.3. The van der Waals surface area contributed by atoms with Crippen LogP contribution < -0.4 is 10.6 Å². The van der Waals surface area contributed by atoms with Gasteiger partial charge in [0.2, 0.25) is 0 Å². The molecule has 4 aromatic rings. The van der Waals surface area contributed by atoms with Crippen molar-refractivity contribution >= 4 is 34.7 Å². The Balaban J connectivity index is 1.53. The van der Waals surface area contributed by atoms with Crippen LogP contribution in [0.25, 0.3) is 16.9 Å². The quantitative estimate of drug-likeness (QED) is 0.553. The Hall–Kier alpha value is -3.45. The minimum Gasteiger partial charge on any atom is -0.308 e. The number of amides is 2. The topological polar surface area (TPSA) is 84.2 Å². The van der Waals surface area contributed by atoms with E-state index in [9.17, 15) is 4.79 Å². The Bertz CT molecular complexity index is 1120. The first-order chi connectivity index (χ1) is 13.1. The van der Waals surface area contributed by atoms with Crippen molar-refractivity contribution in [3.05, 3.63) is 71.5 Å². The molecule has 0 saturated carbocycles. The van der Waals surface area contributed by atoms with Gasteiger partial charge in [-0.05, 0) is 55.5 Å². The molecule has 2 amide bonds. The monoisotopic (exact) mass is 378 g/mol. The molecule has 0 bridgehead atoms. The molecule has 2 N–H and O–H groups in total. The Labute approximate surface area is 160 Å². The number of carbonyl (C=O) groups is 1. The molecule has 0 unspecified atom stereocenters. The maximum atomic E-state index is 12.2. The SMILES string of the molecule is Cc1nnc2ccc(-c3cccc(NC(=O)Nc4ccc(Cl)cc4)c3)nn12. The van der Waals surface area contributed by atoms with E-state index in [1.807, 2.05) is 43.3 Å². The molecule has 134 valence electrons. The summed E-state index contributed by atoms with van der Waals surface area (Å²) in [5.41, 5.74) is 3.62. The maximum absolute atomic E-state index is 12.2. The standard InChI is InChI=1S/C19H15ClN6O/c1-12-23-24-18-10-9-17(25-26(12)18)13-3-2-4-16(11-13)22-19(27)21-15-7-5-14(20)6-8-15/h2-11H,1H3,(H2,21,22,27). The second-order valence-corrected chi connectivity index (χ2v) is 6.34. The number of fused-ring (bicyclic) bond motifs is 1. The number of aromatic nitrogens is 4. The number of urea groups is 1. The third-order valence-electron chi connectivity index (χ3n) is 3.94. The lowest BCUT2D eigenvalue weighted by atomic mass is 10.1. The average Bonchev–Trinajstić information content (AvgIpc) is 3.04. The molecule has 2 heterocycles. The molecule has 0 spiro atoms. The molecule has 0 aliphatic carbocycles. The van der Waals surface area contributed by atoms with Crippen LogP contribution >= 0.6 is 11.6 Å². The summed E-state index contributed by atoms with van der Waals surface area (Å²) < 4.78 is 1.68. The van der Waals surface area contributed by atoms with E-state index in [2.05, 4.69) is 25.9 Å². The van der Waals surface area contributed by atoms with E-state index in [-0.39, 0.29) is 6.03 Å². The van der Waals surface area contributed by atoms with Gasteiger partial charge in [0.1, 0.15) is 0 Å². The number of hydrogen-bond donors (Lipinski definition) is 2. The summed E-state index contributed by atoms with van der Waals surface area (Å²) in [6.45, 7) is 1.84. The van der Waals surface area contributed by atoms with E-state index in [1.165, 1.54) is 0 Å². The zero-order chi connectivity index (χ0) is 18.8. The molecule has 2 aromatic heterocycles. The molecule has 0 atom stereocenters. The highest BCUT2D eigenvalue weighted by atomic mass is 35.5. The van der Waals surface area contributed by atoms with Crippen LogP contribution in [0, 0.1) is 6.92 Å². The van der Waals surface area contributed by atoms with Crippen LogP contribution in [0.5, 0.6) is 0 Å². The van der Waals surface area contributed by atoms with Gasteiger partial charge in [0.05, 0.1) is 5.69 Å². The normalized spacial score (nSPS) is 10.7. The molecule has 0 aliphatic heterocycles. The molecule has 2 aromatic carbocycles. The number of rotatable bonds is 3. The largest absolute Gasteiger partial charge is 0.323 e. The fourth-order valence-corrected chi connectivity index (χ4v) is 2.76. The van der Waals surface area contributed by atoms with Crippen LogP contribution in [0.4, 0.5) is 16.2 Å². The third-order valence-corrected chi connectivity index (χ3v) is 4.19. The summed E-state index contributed by atoms with van der Waals surface area (Å²) in [7, 11) is 0. The fraction of sp³-hybridized carbons (Fsp3) is 0.0526. The summed E-state index contributed by atoms with van der Waals surface area (Å²) in [5, 5.41) is 18.8. The van der Waals surface area contributed by atoms with Gasteiger partial charge in [-0.15, -0.1) is 10.2 Å². The van der Waals surface area contributed by atoms with Gasteiger partial charge in [0.15, 0.2) is 11.5 Å². The number of carbonyl (C=O) groups excluding carboxylic acids is 1. The highest BCUT2D eigenvalue weighted by Crippen LogP contribution is 2.21. The minimum absolute atomic E-state index is 0.340. The predicted molar refractivity (Wildman–Crippen MR) is 105 cm³/mol. The second kappa shape index (κ2) is 7.05. The maximum Gasteiger partial charge on any atom is 0.323 e. The number of benzene rings is 2. The Morgan fingerprint density at radius 1 is 0.963 bits per heavy atom. The number of aryl methyl sites for hydroxylation is 1. The van der Waals surface area contributed by atoms with Crippen molar-refractivity contribution < 1.29 is 4.79 Å². The van der Waals surface area contributed by atoms with E-state index in [1.54, 1.807) is 28.8 Å². The summed E-state index contributed by atoms with van der Waals surface area (Å²) in [6.07, 6.45) is 0. The molecular formula is C19H15ClN6O. The average molecular weight is 379 g/mol. The lowest BCUT2D eigenvalue weighted by Gasteiger charge is -2.09. The van der Waals surface area contributed by atoms with Crippen molar-refractivity contribution in [3.8, 4) is 11.3 Å². The number of halogens is 1. The Morgan fingerprint density at radius 3 is 2.56 bits per heavy atom. The Morgan fingerprint density at radius 2 is 1.74 bits per heavy atom. The van der Waals surface area contributed by atoms with Crippen molar-refractivity contribution in [1.82, 2.24) is 19.8 Å². The molecule has 0 saturated heterocycles. The van der Waals surface area contributed by atoms with Crippen LogP contribution in [0.15, 0.2) is 60.7 Å². The van der Waals surface area contributed by atoms with Crippen LogP contribution in [-0.2, 0) is 0 Å². The molecule has 0 fully saturated rings. The van der Waals surface area contributed by atoms with Crippen molar-refractivity contribution in [1.29, 1.82) is 0 Å². The minimum atomic E-state index is -0.340. The highest BCUT2D eigenvalue weighted by molar-refractivity contribution is 6.30. The summed E-state index contributed by atoms with van der Waals surface area (Å²) >= 11 is 5.85. The van der Waals surface area contributed by atoms with Gasteiger partial charge >= 0.3 is 6.03 Å². The van der Waals surface area contributed by atoms with Gasteiger partial charge in [-0.3, -0.25) is 0 Å². The number of nitrogens with one attached hydrogen (secondary N) is 2. The van der Waals surface area contributed by atoms with Gasteiger partial charge in [0.25, 0.3) is 0 Å². The van der Waals surface area contributed by atoms with Crippen LogP contribution in [0.2, 0.25) is 5.02 Å². The molecule has 27 heavy (non-hydrogen) atoms. The van der Waals surface area contributed by atoms with Gasteiger partial charge in [-0.25, -0.2) is 4.79 Å². The van der Waals surface area contributed by atoms with E-state index < -0.39 is 0 Å². The van der Waals surface area contributed by atoms with Gasteiger partial charge in [0, 0.05) is 22.0 Å². The van der Waals surface area contributed by atoms with Crippen molar-refractivity contribution in [2.75, 3.05) is 10.6 Å². The van der Waals surface area contributed by atoms with Gasteiger partial charge < -0.3 is 10.6 Å². The molecule has 8 heteroatoms. The molecule has 7 nitrogen and oxygen atoms in total. The molecular weight excluding hydrogens is 364 g/mol. The second-order valence-electron chi connectivity index (χ2n) is 5.90. The lowest BCUT2D eigenvalue weighted by molar-refractivity contribution is 0.262. The van der Waals surface area contributed by atoms with Crippen molar-refractivity contribution in [2.45, 2.75) is 6.92 Å². The van der Waals surface area contributed by atoms with E-state index in [0.717, 1.165) is 11.3 Å². The smallest absolute Gasteiger partial charge is 0.308 e. The zero-order valence-corrected chi connectivity index (χ0v) is 15.1. The Kier molecular flexibility index (Phi) is 4.43. The number of hydrogen-bond acceptors (Lipinski definition) is 4. The number of nitrogens with zero attached hydrogens (tertiary/aromatic N) is 4. The lowest BCUT2D eigenvalue weighted by Crippen LogP contribution is -2.19.